The Morgan fingerprint density at radius 2 is 1.71 bits per heavy atom. The van der Waals surface area contributed by atoms with E-state index in [0.717, 1.165) is 0 Å². The third-order valence-electron chi connectivity index (χ3n) is 2.77. The van der Waals surface area contributed by atoms with Crippen molar-refractivity contribution in [2.45, 2.75) is 20.8 Å². The van der Waals surface area contributed by atoms with Crippen molar-refractivity contribution in [2.24, 2.45) is 7.05 Å². The maximum atomic E-state index is 2.26. The molecule has 1 heterocycles. The van der Waals surface area contributed by atoms with Crippen LogP contribution in [0.1, 0.15) is 16.7 Å². The van der Waals surface area contributed by atoms with Gasteiger partial charge in [-0.1, -0.05) is 0 Å². The van der Waals surface area contributed by atoms with Crippen LogP contribution in [0.25, 0.3) is 10.9 Å². The van der Waals surface area contributed by atoms with Crippen molar-refractivity contribution in [3.05, 3.63) is 41.1 Å². The van der Waals surface area contributed by atoms with Crippen LogP contribution in [-0.4, -0.2) is 0 Å². The van der Waals surface area contributed by atoms with Gasteiger partial charge in [0, 0.05) is 17.0 Å². The van der Waals surface area contributed by atoms with Gasteiger partial charge in [-0.15, -0.1) is 0 Å². The Labute approximate surface area is 85.0 Å². The average molecular weight is 186 g/mol. The van der Waals surface area contributed by atoms with Crippen LogP contribution < -0.4 is 4.57 Å². The molecule has 1 nitrogen and oxygen atoms in total. The molecule has 0 bridgehead atoms. The van der Waals surface area contributed by atoms with Gasteiger partial charge < -0.3 is 0 Å². The second kappa shape index (κ2) is 3.09. The van der Waals surface area contributed by atoms with Crippen molar-refractivity contribution in [2.75, 3.05) is 0 Å². The molecule has 0 aliphatic heterocycles. The molecule has 0 aliphatic carbocycles. The number of aromatic nitrogens is 1. The average Bonchev–Trinajstić information content (AvgIpc) is 2.10. The maximum Gasteiger partial charge on any atom is 0.215 e. The highest BCUT2D eigenvalue weighted by Crippen LogP contribution is 2.19. The number of hydrogen-bond donors (Lipinski definition) is 0. The lowest BCUT2D eigenvalue weighted by molar-refractivity contribution is -0.645. The van der Waals surface area contributed by atoms with Crippen LogP contribution in [0.4, 0.5) is 0 Å². The van der Waals surface area contributed by atoms with E-state index in [1.807, 2.05) is 0 Å². The van der Waals surface area contributed by atoms with E-state index in [0.29, 0.717) is 0 Å². The molecule has 0 aliphatic rings. The summed E-state index contributed by atoms with van der Waals surface area (Å²) in [4.78, 5) is 0. The highest BCUT2D eigenvalue weighted by molar-refractivity contribution is 5.82. The molecule has 0 radical (unpaired) electrons. The minimum atomic E-state index is 1.34. The van der Waals surface area contributed by atoms with Gasteiger partial charge >= 0.3 is 0 Å². The van der Waals surface area contributed by atoms with Gasteiger partial charge in [-0.2, -0.15) is 0 Å². The number of rotatable bonds is 0. The first-order valence-electron chi connectivity index (χ1n) is 4.96. The molecule has 0 atom stereocenters. The number of aryl methyl sites for hydroxylation is 4. The minimum Gasteiger partial charge on any atom is -0.201 e. The van der Waals surface area contributed by atoms with Gasteiger partial charge in [-0.3, -0.25) is 0 Å². The highest BCUT2D eigenvalue weighted by Gasteiger charge is 2.10. The smallest absolute Gasteiger partial charge is 0.201 e. The summed E-state index contributed by atoms with van der Waals surface area (Å²) in [6, 6.07) is 6.67. The SMILES string of the molecule is Cc1cc(C)c2c(c1)c(C)cc[n+]2C. The standard InChI is InChI=1S/C13H16N/c1-9-7-11(3)13-12(8-9)10(2)5-6-14(13)4/h5-8H,1-4H3/q+1. The molecule has 1 aromatic carbocycles. The Morgan fingerprint density at radius 1 is 1.00 bits per heavy atom. The second-order valence-electron chi connectivity index (χ2n) is 4.09. The van der Waals surface area contributed by atoms with Crippen LogP contribution in [0.2, 0.25) is 0 Å². The zero-order valence-corrected chi connectivity index (χ0v) is 9.26. The number of pyridine rings is 1. The number of fused-ring (bicyclic) bond motifs is 1. The van der Waals surface area contributed by atoms with Crippen molar-refractivity contribution < 1.29 is 4.57 Å². The van der Waals surface area contributed by atoms with Gasteiger partial charge in [0.05, 0.1) is 0 Å². The van der Waals surface area contributed by atoms with E-state index in [1.54, 1.807) is 0 Å². The molecule has 0 N–H and O–H groups in total. The fourth-order valence-electron chi connectivity index (χ4n) is 2.12. The molecule has 0 saturated heterocycles. The summed E-state index contributed by atoms with van der Waals surface area (Å²) in [6.07, 6.45) is 2.12. The van der Waals surface area contributed by atoms with Gasteiger partial charge in [-0.05, 0) is 44.0 Å². The van der Waals surface area contributed by atoms with Crippen LogP contribution >= 0.6 is 0 Å². The first-order valence-corrected chi connectivity index (χ1v) is 4.96. The summed E-state index contributed by atoms with van der Waals surface area (Å²) < 4.78 is 2.19. The molecule has 72 valence electrons. The van der Waals surface area contributed by atoms with E-state index in [1.165, 1.54) is 27.6 Å². The van der Waals surface area contributed by atoms with Crippen molar-refractivity contribution in [3.63, 3.8) is 0 Å². The van der Waals surface area contributed by atoms with Crippen LogP contribution in [-0.2, 0) is 7.05 Å². The Hall–Kier alpha value is -1.37. The lowest BCUT2D eigenvalue weighted by Crippen LogP contribution is -2.29. The predicted octanol–water partition coefficient (Wildman–Crippen LogP) is 2.59. The fraction of sp³-hybridized carbons (Fsp3) is 0.308. The van der Waals surface area contributed by atoms with E-state index in [-0.39, 0.29) is 0 Å². The van der Waals surface area contributed by atoms with Gasteiger partial charge in [0.25, 0.3) is 0 Å². The lowest BCUT2D eigenvalue weighted by Gasteiger charge is -2.04. The van der Waals surface area contributed by atoms with Gasteiger partial charge in [0.15, 0.2) is 6.20 Å². The highest BCUT2D eigenvalue weighted by atomic mass is 14.9. The summed E-state index contributed by atoms with van der Waals surface area (Å²) in [5.41, 5.74) is 5.39. The van der Waals surface area contributed by atoms with E-state index >= 15 is 0 Å². The molecule has 0 unspecified atom stereocenters. The normalized spacial score (nSPS) is 10.9. The summed E-state index contributed by atoms with van der Waals surface area (Å²) in [7, 11) is 2.10. The molecular formula is C13H16N+. The molecule has 0 fully saturated rings. The van der Waals surface area contributed by atoms with E-state index < -0.39 is 0 Å². The Balaban J connectivity index is 3.00. The fourth-order valence-corrected chi connectivity index (χ4v) is 2.12. The largest absolute Gasteiger partial charge is 0.215 e. The first kappa shape index (κ1) is 9.20. The molecule has 14 heavy (non-hydrogen) atoms. The van der Waals surface area contributed by atoms with Gasteiger partial charge in [0.2, 0.25) is 5.52 Å². The Morgan fingerprint density at radius 3 is 2.43 bits per heavy atom. The molecular weight excluding hydrogens is 170 g/mol. The number of nitrogens with zero attached hydrogens (tertiary/aromatic N) is 1. The summed E-state index contributed by atoms with van der Waals surface area (Å²) >= 11 is 0. The molecule has 2 aromatic rings. The van der Waals surface area contributed by atoms with Crippen LogP contribution in [0.5, 0.6) is 0 Å². The third kappa shape index (κ3) is 1.29. The Kier molecular flexibility index (Phi) is 2.03. The zero-order chi connectivity index (χ0) is 10.3. The number of hydrogen-bond acceptors (Lipinski definition) is 0. The summed E-state index contributed by atoms with van der Waals surface area (Å²) in [6.45, 7) is 6.49. The molecule has 0 amide bonds. The molecule has 0 spiro atoms. The third-order valence-corrected chi connectivity index (χ3v) is 2.77. The zero-order valence-electron chi connectivity index (χ0n) is 9.26. The molecule has 2 rings (SSSR count). The van der Waals surface area contributed by atoms with Gasteiger partial charge in [-0.25, -0.2) is 4.57 Å². The second-order valence-corrected chi connectivity index (χ2v) is 4.09. The molecule has 1 aromatic heterocycles. The van der Waals surface area contributed by atoms with Crippen molar-refractivity contribution in [3.8, 4) is 0 Å². The lowest BCUT2D eigenvalue weighted by atomic mass is 10.0. The molecule has 1 heteroatoms. The van der Waals surface area contributed by atoms with E-state index in [2.05, 4.69) is 56.8 Å². The number of benzene rings is 1. The maximum absolute atomic E-state index is 2.26. The van der Waals surface area contributed by atoms with Crippen LogP contribution in [0.15, 0.2) is 24.4 Å². The van der Waals surface area contributed by atoms with E-state index in [9.17, 15) is 0 Å². The summed E-state index contributed by atoms with van der Waals surface area (Å²) in [5, 5.41) is 1.37. The topological polar surface area (TPSA) is 3.88 Å². The Bertz CT molecular complexity index is 498. The molecule has 0 saturated carbocycles. The van der Waals surface area contributed by atoms with Crippen molar-refractivity contribution in [1.82, 2.24) is 0 Å². The predicted molar refractivity (Wildman–Crippen MR) is 59.3 cm³/mol. The van der Waals surface area contributed by atoms with Crippen molar-refractivity contribution in [1.29, 1.82) is 0 Å². The minimum absolute atomic E-state index is 1.34. The summed E-state index contributed by atoms with van der Waals surface area (Å²) in [5.74, 6) is 0. The van der Waals surface area contributed by atoms with Crippen molar-refractivity contribution >= 4 is 10.9 Å². The van der Waals surface area contributed by atoms with Crippen LogP contribution in [0.3, 0.4) is 0 Å². The van der Waals surface area contributed by atoms with E-state index in [4.69, 9.17) is 0 Å². The van der Waals surface area contributed by atoms with Crippen LogP contribution in [0, 0.1) is 20.8 Å². The first-order chi connectivity index (χ1) is 6.59. The quantitative estimate of drug-likeness (QED) is 0.557. The monoisotopic (exact) mass is 186 g/mol. The van der Waals surface area contributed by atoms with Gasteiger partial charge in [0.1, 0.15) is 7.05 Å².